The fourth-order valence-electron chi connectivity index (χ4n) is 2.46. The Morgan fingerprint density at radius 2 is 1.73 bits per heavy atom. The molecular formula is C18H18BrNO5S. The van der Waals surface area contributed by atoms with Crippen LogP contribution in [0.25, 0.3) is 0 Å². The van der Waals surface area contributed by atoms with Gasteiger partial charge in [0.25, 0.3) is 0 Å². The van der Waals surface area contributed by atoms with Crippen molar-refractivity contribution in [3.8, 4) is 11.5 Å². The van der Waals surface area contributed by atoms with Crippen molar-refractivity contribution in [2.75, 3.05) is 24.3 Å². The normalized spacial score (nSPS) is 13.3. The van der Waals surface area contributed by atoms with E-state index < -0.39 is 15.7 Å². The lowest BCUT2D eigenvalue weighted by atomic mass is 10.2. The molecule has 2 aromatic carbocycles. The number of nitrogens with one attached hydrogen (secondary N) is 1. The molecule has 3 rings (SSSR count). The number of aryl methyl sites for hydroxylation is 1. The lowest BCUT2D eigenvalue weighted by Crippen LogP contribution is -2.19. The van der Waals surface area contributed by atoms with Gasteiger partial charge in [-0.2, -0.15) is 0 Å². The highest BCUT2D eigenvalue weighted by Crippen LogP contribution is 2.38. The molecule has 2 aromatic rings. The van der Waals surface area contributed by atoms with Crippen molar-refractivity contribution >= 4 is 37.4 Å². The van der Waals surface area contributed by atoms with Crippen LogP contribution in [0, 0.1) is 6.92 Å². The molecule has 0 fully saturated rings. The van der Waals surface area contributed by atoms with Crippen LogP contribution in [0.15, 0.2) is 45.8 Å². The number of carbonyl (C=O) groups excluding carboxylic acids is 1. The molecule has 1 amide bonds. The average molecular weight is 440 g/mol. The van der Waals surface area contributed by atoms with Crippen LogP contribution < -0.4 is 14.8 Å². The summed E-state index contributed by atoms with van der Waals surface area (Å²) >= 11 is 3.37. The summed E-state index contributed by atoms with van der Waals surface area (Å²) in [4.78, 5) is 12.4. The van der Waals surface area contributed by atoms with E-state index >= 15 is 0 Å². The van der Waals surface area contributed by atoms with Crippen molar-refractivity contribution in [1.82, 2.24) is 0 Å². The highest BCUT2D eigenvalue weighted by Gasteiger charge is 2.19. The second-order valence-electron chi connectivity index (χ2n) is 5.91. The maximum absolute atomic E-state index is 12.3. The van der Waals surface area contributed by atoms with Crippen LogP contribution in [0.5, 0.6) is 11.5 Å². The van der Waals surface area contributed by atoms with Gasteiger partial charge >= 0.3 is 0 Å². The summed E-state index contributed by atoms with van der Waals surface area (Å²) in [6.45, 7) is 2.80. The Labute approximate surface area is 160 Å². The summed E-state index contributed by atoms with van der Waals surface area (Å²) in [5, 5.41) is 2.71. The first-order valence-electron chi connectivity index (χ1n) is 8.03. The fourth-order valence-corrected chi connectivity index (χ4v) is 4.13. The van der Waals surface area contributed by atoms with Crippen LogP contribution in [-0.4, -0.2) is 33.3 Å². The number of halogens is 1. The second-order valence-corrected chi connectivity index (χ2v) is 8.87. The maximum atomic E-state index is 12.3. The number of sulfone groups is 1. The molecule has 6 nitrogen and oxygen atoms in total. The molecule has 1 aliphatic rings. The van der Waals surface area contributed by atoms with Crippen LogP contribution in [0.3, 0.4) is 0 Å². The Hall–Kier alpha value is -2.06. The zero-order valence-corrected chi connectivity index (χ0v) is 16.5. The van der Waals surface area contributed by atoms with Gasteiger partial charge in [0.05, 0.1) is 16.3 Å². The lowest BCUT2D eigenvalue weighted by molar-refractivity contribution is -0.115. The Bertz CT molecular complexity index is 925. The zero-order valence-electron chi connectivity index (χ0n) is 14.1. The predicted octanol–water partition coefficient (Wildman–Crippen LogP) is 3.33. The van der Waals surface area contributed by atoms with Crippen LogP contribution in [0.4, 0.5) is 5.69 Å². The smallest absolute Gasteiger partial charge is 0.225 e. The standard InChI is InChI=1S/C18H18BrNO5S/c1-12-2-4-13(5-3-12)26(22,23)9-6-18(21)20-15-11-17-16(10-14(15)19)24-7-8-25-17/h2-5,10-11H,6-9H2,1H3,(H,20,21). The summed E-state index contributed by atoms with van der Waals surface area (Å²) in [7, 11) is -3.51. The van der Waals surface area contributed by atoms with E-state index in [1.807, 2.05) is 6.92 Å². The van der Waals surface area contributed by atoms with Gasteiger partial charge in [0, 0.05) is 23.0 Å². The molecule has 8 heteroatoms. The first kappa shape index (κ1) is 18.7. The quantitative estimate of drug-likeness (QED) is 0.772. The topological polar surface area (TPSA) is 81.7 Å². The van der Waals surface area contributed by atoms with E-state index in [9.17, 15) is 13.2 Å². The molecule has 1 N–H and O–H groups in total. The summed E-state index contributed by atoms with van der Waals surface area (Å²) in [6, 6.07) is 9.95. The third kappa shape index (κ3) is 4.37. The highest BCUT2D eigenvalue weighted by molar-refractivity contribution is 9.10. The lowest BCUT2D eigenvalue weighted by Gasteiger charge is -2.20. The first-order chi connectivity index (χ1) is 12.3. The number of anilines is 1. The minimum absolute atomic E-state index is 0.142. The van der Waals surface area contributed by atoms with Gasteiger partial charge in [-0.1, -0.05) is 17.7 Å². The molecule has 0 aromatic heterocycles. The SMILES string of the molecule is Cc1ccc(S(=O)(=O)CCC(=O)Nc2cc3c(cc2Br)OCCO3)cc1. The number of ether oxygens (including phenoxy) is 2. The van der Waals surface area contributed by atoms with E-state index in [1.54, 1.807) is 36.4 Å². The molecule has 0 aliphatic carbocycles. The number of fused-ring (bicyclic) bond motifs is 1. The van der Waals surface area contributed by atoms with Crippen molar-refractivity contribution in [2.24, 2.45) is 0 Å². The van der Waals surface area contributed by atoms with Gasteiger partial charge < -0.3 is 14.8 Å². The summed E-state index contributed by atoms with van der Waals surface area (Å²) in [6.07, 6.45) is -0.142. The van der Waals surface area contributed by atoms with Gasteiger partial charge in [-0.05, 0) is 35.0 Å². The first-order valence-corrected chi connectivity index (χ1v) is 10.5. The Kier molecular flexibility index (Phi) is 5.52. The Morgan fingerprint density at radius 3 is 2.38 bits per heavy atom. The monoisotopic (exact) mass is 439 g/mol. The minimum Gasteiger partial charge on any atom is -0.486 e. The molecule has 1 heterocycles. The molecule has 0 saturated carbocycles. The van der Waals surface area contributed by atoms with E-state index in [-0.39, 0.29) is 17.1 Å². The molecule has 138 valence electrons. The van der Waals surface area contributed by atoms with Crippen molar-refractivity contribution in [1.29, 1.82) is 0 Å². The van der Waals surface area contributed by atoms with E-state index in [4.69, 9.17) is 9.47 Å². The molecule has 0 radical (unpaired) electrons. The van der Waals surface area contributed by atoms with Gasteiger partial charge in [-0.15, -0.1) is 0 Å². The number of hydrogen-bond acceptors (Lipinski definition) is 5. The summed E-state index contributed by atoms with van der Waals surface area (Å²) in [5.74, 6) is 0.493. The third-order valence-corrected chi connectivity index (χ3v) is 6.27. The molecule has 0 unspecified atom stereocenters. The van der Waals surface area contributed by atoms with E-state index in [2.05, 4.69) is 21.2 Å². The molecule has 1 aliphatic heterocycles. The number of carbonyl (C=O) groups is 1. The highest BCUT2D eigenvalue weighted by atomic mass is 79.9. The van der Waals surface area contributed by atoms with Crippen LogP contribution in [-0.2, 0) is 14.6 Å². The molecule has 0 saturated heterocycles. The number of rotatable bonds is 5. The minimum atomic E-state index is -3.51. The van der Waals surface area contributed by atoms with Gasteiger partial charge in [-0.25, -0.2) is 8.42 Å². The Morgan fingerprint density at radius 1 is 1.12 bits per heavy atom. The van der Waals surface area contributed by atoms with Gasteiger partial charge in [-0.3, -0.25) is 4.79 Å². The number of amides is 1. The zero-order chi connectivity index (χ0) is 18.7. The van der Waals surface area contributed by atoms with Crippen molar-refractivity contribution < 1.29 is 22.7 Å². The largest absolute Gasteiger partial charge is 0.486 e. The van der Waals surface area contributed by atoms with Gasteiger partial charge in [0.2, 0.25) is 5.91 Å². The maximum Gasteiger partial charge on any atom is 0.225 e. The molecule has 0 atom stereocenters. The van der Waals surface area contributed by atoms with Crippen LogP contribution in [0.1, 0.15) is 12.0 Å². The van der Waals surface area contributed by atoms with Gasteiger partial charge in [0.15, 0.2) is 21.3 Å². The van der Waals surface area contributed by atoms with Crippen LogP contribution in [0.2, 0.25) is 0 Å². The van der Waals surface area contributed by atoms with Crippen molar-refractivity contribution in [3.63, 3.8) is 0 Å². The van der Waals surface area contributed by atoms with E-state index in [1.165, 1.54) is 0 Å². The molecular weight excluding hydrogens is 422 g/mol. The molecule has 26 heavy (non-hydrogen) atoms. The van der Waals surface area contributed by atoms with Crippen molar-refractivity contribution in [3.05, 3.63) is 46.4 Å². The molecule has 0 spiro atoms. The van der Waals surface area contributed by atoms with E-state index in [0.29, 0.717) is 34.9 Å². The average Bonchev–Trinajstić information content (AvgIpc) is 2.61. The van der Waals surface area contributed by atoms with Crippen molar-refractivity contribution in [2.45, 2.75) is 18.2 Å². The van der Waals surface area contributed by atoms with Crippen LogP contribution >= 0.6 is 15.9 Å². The summed E-state index contributed by atoms with van der Waals surface area (Å²) < 4.78 is 36.3. The second kappa shape index (κ2) is 7.67. The third-order valence-electron chi connectivity index (χ3n) is 3.88. The fraction of sp³-hybridized carbons (Fsp3) is 0.278. The number of benzene rings is 2. The number of hydrogen-bond donors (Lipinski definition) is 1. The van der Waals surface area contributed by atoms with E-state index in [0.717, 1.165) is 5.56 Å². The van der Waals surface area contributed by atoms with Gasteiger partial charge in [0.1, 0.15) is 13.2 Å². The predicted molar refractivity (Wildman–Crippen MR) is 102 cm³/mol. The summed E-state index contributed by atoms with van der Waals surface area (Å²) in [5.41, 5.74) is 1.48. The Balaban J connectivity index is 1.65. The molecule has 0 bridgehead atoms.